The van der Waals surface area contributed by atoms with E-state index in [4.69, 9.17) is 14.5 Å². The van der Waals surface area contributed by atoms with Crippen LogP contribution in [-0.2, 0) is 16.6 Å². The van der Waals surface area contributed by atoms with E-state index in [0.717, 1.165) is 24.8 Å². The molecule has 2 bridgehead atoms. The lowest BCUT2D eigenvalue weighted by Gasteiger charge is -2.41. The first-order chi connectivity index (χ1) is 13.8. The van der Waals surface area contributed by atoms with Gasteiger partial charge in [-0.1, -0.05) is 0 Å². The van der Waals surface area contributed by atoms with Crippen LogP contribution in [0.5, 0.6) is 5.88 Å². The SMILES string of the molecule is COc1nc(CC(=O)c2coc(C(F)F)n2)cn2cc(C34COC(C)(C3)C4)nc12. The van der Waals surface area contributed by atoms with Gasteiger partial charge in [-0.2, -0.15) is 8.78 Å². The Morgan fingerprint density at radius 3 is 2.72 bits per heavy atom. The van der Waals surface area contributed by atoms with Crippen molar-refractivity contribution in [2.75, 3.05) is 13.7 Å². The number of methoxy groups -OCH3 is 1. The van der Waals surface area contributed by atoms with Gasteiger partial charge in [-0.15, -0.1) is 0 Å². The lowest BCUT2D eigenvalue weighted by Crippen LogP contribution is -2.45. The number of rotatable bonds is 6. The topological polar surface area (TPSA) is 91.8 Å². The fourth-order valence-corrected chi connectivity index (χ4v) is 4.42. The van der Waals surface area contributed by atoms with Gasteiger partial charge in [-0.25, -0.2) is 15.0 Å². The van der Waals surface area contributed by atoms with Gasteiger partial charge in [0.05, 0.1) is 37.1 Å². The number of hydrogen-bond acceptors (Lipinski definition) is 7. The van der Waals surface area contributed by atoms with Gasteiger partial charge in [0.15, 0.2) is 5.78 Å². The monoisotopic (exact) mass is 404 g/mol. The van der Waals surface area contributed by atoms with Crippen LogP contribution in [0.1, 0.15) is 54.0 Å². The average Bonchev–Trinajstić information content (AvgIpc) is 3.41. The number of nitrogens with zero attached hydrogens (tertiary/aromatic N) is 4. The first kappa shape index (κ1) is 18.2. The molecular formula is C19H18F2N4O4. The van der Waals surface area contributed by atoms with Crippen molar-refractivity contribution in [3.8, 4) is 5.88 Å². The molecule has 3 aromatic heterocycles. The minimum atomic E-state index is -2.87. The van der Waals surface area contributed by atoms with Gasteiger partial charge in [-0.3, -0.25) is 4.79 Å². The molecule has 3 fully saturated rings. The molecule has 152 valence electrons. The molecule has 3 aromatic rings. The highest BCUT2D eigenvalue weighted by Crippen LogP contribution is 2.58. The maximum Gasteiger partial charge on any atom is 0.313 e. The van der Waals surface area contributed by atoms with Crippen molar-refractivity contribution in [3.63, 3.8) is 0 Å². The van der Waals surface area contributed by atoms with Crippen molar-refractivity contribution in [2.45, 2.75) is 43.6 Å². The molecule has 29 heavy (non-hydrogen) atoms. The van der Waals surface area contributed by atoms with Crippen molar-refractivity contribution < 1.29 is 27.5 Å². The molecule has 10 heteroatoms. The number of carbonyl (C=O) groups is 1. The summed E-state index contributed by atoms with van der Waals surface area (Å²) in [6.45, 7) is 2.73. The average molecular weight is 404 g/mol. The molecule has 0 unspecified atom stereocenters. The highest BCUT2D eigenvalue weighted by Gasteiger charge is 2.61. The van der Waals surface area contributed by atoms with E-state index < -0.39 is 18.1 Å². The minimum absolute atomic E-state index is 0.0651. The lowest BCUT2D eigenvalue weighted by molar-refractivity contribution is 0.0154. The van der Waals surface area contributed by atoms with Gasteiger partial charge in [0.25, 0.3) is 11.8 Å². The van der Waals surface area contributed by atoms with Gasteiger partial charge in [0, 0.05) is 17.8 Å². The summed E-state index contributed by atoms with van der Waals surface area (Å²) in [5.41, 5.74) is 1.55. The quantitative estimate of drug-likeness (QED) is 0.583. The normalized spacial score (nSPS) is 25.6. The molecular weight excluding hydrogens is 386 g/mol. The van der Waals surface area contributed by atoms with Crippen molar-refractivity contribution in [2.24, 2.45) is 0 Å². The van der Waals surface area contributed by atoms with E-state index in [1.807, 2.05) is 6.20 Å². The summed E-state index contributed by atoms with van der Waals surface area (Å²) in [5, 5.41) is 0. The summed E-state index contributed by atoms with van der Waals surface area (Å²) < 4.78 is 42.9. The maximum atomic E-state index is 12.6. The van der Waals surface area contributed by atoms with Crippen LogP contribution in [0.15, 0.2) is 23.1 Å². The van der Waals surface area contributed by atoms with Crippen LogP contribution in [0.3, 0.4) is 0 Å². The molecule has 3 aliphatic rings. The van der Waals surface area contributed by atoms with E-state index in [9.17, 15) is 13.6 Å². The summed E-state index contributed by atoms with van der Waals surface area (Å²) in [6, 6.07) is 0. The van der Waals surface area contributed by atoms with Crippen molar-refractivity contribution in [3.05, 3.63) is 41.6 Å². The van der Waals surface area contributed by atoms with E-state index in [1.165, 1.54) is 7.11 Å². The van der Waals surface area contributed by atoms with Gasteiger partial charge >= 0.3 is 6.43 Å². The first-order valence-electron chi connectivity index (χ1n) is 9.15. The molecule has 8 nitrogen and oxygen atoms in total. The van der Waals surface area contributed by atoms with Crippen LogP contribution in [0, 0.1) is 0 Å². The Kier molecular flexibility index (Phi) is 3.79. The number of aromatic nitrogens is 4. The molecule has 1 saturated carbocycles. The zero-order chi connectivity index (χ0) is 20.4. The number of ether oxygens (including phenoxy) is 2. The van der Waals surface area contributed by atoms with E-state index >= 15 is 0 Å². The molecule has 0 atom stereocenters. The zero-order valence-corrected chi connectivity index (χ0v) is 15.8. The van der Waals surface area contributed by atoms with E-state index in [1.54, 1.807) is 10.6 Å². The highest BCUT2D eigenvalue weighted by molar-refractivity contribution is 5.95. The molecule has 1 aliphatic carbocycles. The first-order valence-corrected chi connectivity index (χ1v) is 9.15. The second kappa shape index (κ2) is 6.06. The predicted molar refractivity (Wildman–Crippen MR) is 94.3 cm³/mol. The summed E-state index contributed by atoms with van der Waals surface area (Å²) in [4.78, 5) is 25.0. The van der Waals surface area contributed by atoms with Crippen molar-refractivity contribution in [1.82, 2.24) is 19.4 Å². The summed E-state index contributed by atoms with van der Waals surface area (Å²) in [6.07, 6.45) is 3.36. The molecule has 0 N–H and O–H groups in total. The van der Waals surface area contributed by atoms with Crippen LogP contribution in [-0.4, -0.2) is 44.5 Å². The lowest BCUT2D eigenvalue weighted by atomic mass is 9.62. The Hall–Kier alpha value is -2.88. The standard InChI is InChI=1S/C19H18F2N4O4/c1-18-7-19(8-18,9-29-18)13-5-25-4-10(22-17(27-2)15(25)24-13)3-12(26)11-6-28-16(23-11)14(20)21/h4-6,14H,3,7-9H2,1-2H3. The number of imidazole rings is 1. The van der Waals surface area contributed by atoms with Gasteiger partial charge in [0.2, 0.25) is 5.65 Å². The fourth-order valence-electron chi connectivity index (χ4n) is 4.42. The molecule has 0 spiro atoms. The van der Waals surface area contributed by atoms with Crippen LogP contribution < -0.4 is 4.74 Å². The number of carbonyl (C=O) groups excluding carboxylic acids is 1. The fraction of sp³-hybridized carbons (Fsp3) is 0.474. The highest BCUT2D eigenvalue weighted by atomic mass is 19.3. The number of oxazole rings is 1. The smallest absolute Gasteiger partial charge is 0.313 e. The number of fused-ring (bicyclic) bond motifs is 2. The molecule has 0 amide bonds. The predicted octanol–water partition coefficient (Wildman–Crippen LogP) is 2.91. The molecule has 2 aliphatic heterocycles. The third kappa shape index (κ3) is 2.81. The number of hydrogen-bond donors (Lipinski definition) is 0. The Balaban J connectivity index is 1.45. The Morgan fingerprint density at radius 1 is 1.31 bits per heavy atom. The molecule has 2 saturated heterocycles. The van der Waals surface area contributed by atoms with Crippen LogP contribution in [0.4, 0.5) is 8.78 Å². The maximum absolute atomic E-state index is 12.6. The molecule has 0 aromatic carbocycles. The molecule has 5 heterocycles. The second-order valence-electron chi connectivity index (χ2n) is 7.94. The largest absolute Gasteiger partial charge is 0.478 e. The summed E-state index contributed by atoms with van der Waals surface area (Å²) >= 11 is 0. The van der Waals surface area contributed by atoms with Crippen molar-refractivity contribution in [1.29, 1.82) is 0 Å². The Bertz CT molecular complexity index is 1120. The summed E-state index contributed by atoms with van der Waals surface area (Å²) in [7, 11) is 1.48. The van der Waals surface area contributed by atoms with Crippen LogP contribution in [0.2, 0.25) is 0 Å². The second-order valence-corrected chi connectivity index (χ2v) is 7.94. The number of alkyl halides is 2. The van der Waals surface area contributed by atoms with Gasteiger partial charge in [0.1, 0.15) is 12.0 Å². The van der Waals surface area contributed by atoms with Crippen LogP contribution >= 0.6 is 0 Å². The minimum Gasteiger partial charge on any atom is -0.478 e. The molecule has 0 radical (unpaired) electrons. The Morgan fingerprint density at radius 2 is 2.10 bits per heavy atom. The van der Waals surface area contributed by atoms with E-state index in [-0.39, 0.29) is 29.0 Å². The Labute approximate surface area is 163 Å². The number of ketones is 1. The number of Topliss-reactive ketones (excluding diaryl/α,β-unsaturated/α-hetero) is 1. The van der Waals surface area contributed by atoms with Gasteiger partial charge < -0.3 is 18.3 Å². The number of halogens is 2. The van der Waals surface area contributed by atoms with Crippen LogP contribution in [0.25, 0.3) is 5.65 Å². The van der Waals surface area contributed by atoms with E-state index in [0.29, 0.717) is 17.9 Å². The molecule has 6 rings (SSSR count). The van der Waals surface area contributed by atoms with E-state index in [2.05, 4.69) is 21.3 Å². The van der Waals surface area contributed by atoms with Gasteiger partial charge in [-0.05, 0) is 19.8 Å². The zero-order valence-electron chi connectivity index (χ0n) is 15.8. The third-order valence-corrected chi connectivity index (χ3v) is 5.65. The summed E-state index contributed by atoms with van der Waals surface area (Å²) in [5.74, 6) is -0.973. The van der Waals surface area contributed by atoms with Crippen molar-refractivity contribution >= 4 is 11.4 Å². The third-order valence-electron chi connectivity index (χ3n) is 5.65.